The molecule has 0 spiro atoms. The summed E-state index contributed by atoms with van der Waals surface area (Å²) in [5.41, 5.74) is 1.83. The van der Waals surface area contributed by atoms with Crippen LogP contribution in [0.3, 0.4) is 0 Å². The molecule has 1 unspecified atom stereocenters. The highest BCUT2D eigenvalue weighted by Gasteiger charge is 2.23. The van der Waals surface area contributed by atoms with Crippen LogP contribution in [0.1, 0.15) is 25.3 Å². The average molecular weight is 409 g/mol. The minimum Gasteiger partial charge on any atom is -0.496 e. The fourth-order valence-electron chi connectivity index (χ4n) is 3.03. The molecule has 1 aromatic heterocycles. The lowest BCUT2D eigenvalue weighted by atomic mass is 10.2. The zero-order valence-corrected chi connectivity index (χ0v) is 17.3. The Labute approximate surface area is 174 Å². The molecule has 2 N–H and O–H groups in total. The van der Waals surface area contributed by atoms with Crippen LogP contribution in [0.15, 0.2) is 53.7 Å². The van der Waals surface area contributed by atoms with E-state index < -0.39 is 0 Å². The van der Waals surface area contributed by atoms with Crippen molar-refractivity contribution in [2.75, 3.05) is 12.4 Å². The van der Waals surface area contributed by atoms with Crippen molar-refractivity contribution < 1.29 is 9.53 Å². The molecule has 1 amide bonds. The van der Waals surface area contributed by atoms with Gasteiger partial charge in [0, 0.05) is 23.5 Å². The number of fused-ring (bicyclic) bond motifs is 1. The van der Waals surface area contributed by atoms with Crippen molar-refractivity contribution in [3.05, 3.63) is 54.1 Å². The average Bonchev–Trinajstić information content (AvgIpc) is 3.56. The number of nitrogens with zero attached hydrogens (tertiary/aromatic N) is 2. The van der Waals surface area contributed by atoms with E-state index in [-0.39, 0.29) is 11.2 Å². The first-order valence-electron chi connectivity index (χ1n) is 9.73. The summed E-state index contributed by atoms with van der Waals surface area (Å²) in [5.74, 6) is 1.55. The molecular formula is C22H24N4O2S. The van der Waals surface area contributed by atoms with Gasteiger partial charge in [0.25, 0.3) is 0 Å². The minimum absolute atomic E-state index is 0.0608. The first kappa shape index (κ1) is 19.5. The Kier molecular flexibility index (Phi) is 5.85. The monoisotopic (exact) mass is 408 g/mol. The molecule has 29 heavy (non-hydrogen) atoms. The van der Waals surface area contributed by atoms with Gasteiger partial charge < -0.3 is 15.4 Å². The second-order valence-corrected chi connectivity index (χ2v) is 8.39. The second kappa shape index (κ2) is 8.69. The lowest BCUT2D eigenvalue weighted by Gasteiger charge is -2.14. The van der Waals surface area contributed by atoms with Gasteiger partial charge in [-0.2, -0.15) is 0 Å². The Morgan fingerprint density at radius 3 is 2.72 bits per heavy atom. The van der Waals surface area contributed by atoms with Crippen molar-refractivity contribution in [1.82, 2.24) is 15.3 Å². The van der Waals surface area contributed by atoms with Crippen molar-refractivity contribution in [1.29, 1.82) is 0 Å². The predicted octanol–water partition coefficient (Wildman–Crippen LogP) is 4.01. The van der Waals surface area contributed by atoms with Crippen LogP contribution in [0.4, 0.5) is 5.82 Å². The first-order valence-corrected chi connectivity index (χ1v) is 10.6. The number of rotatable bonds is 8. The largest absolute Gasteiger partial charge is 0.496 e. The number of hydrogen-bond donors (Lipinski definition) is 2. The summed E-state index contributed by atoms with van der Waals surface area (Å²) in [6, 6.07) is 16.1. The molecule has 1 aliphatic carbocycles. The lowest BCUT2D eigenvalue weighted by Crippen LogP contribution is -2.30. The Hall–Kier alpha value is -2.80. The number of nitrogens with one attached hydrogen (secondary N) is 2. The number of anilines is 1. The number of carbonyl (C=O) groups excluding carboxylic acids is 1. The van der Waals surface area contributed by atoms with E-state index in [0.717, 1.165) is 28.0 Å². The normalized spacial score (nSPS) is 14.4. The second-order valence-electron chi connectivity index (χ2n) is 7.08. The summed E-state index contributed by atoms with van der Waals surface area (Å²) in [7, 11) is 1.63. The van der Waals surface area contributed by atoms with Gasteiger partial charge in [-0.05, 0) is 38.0 Å². The molecule has 0 saturated heterocycles. The van der Waals surface area contributed by atoms with Crippen LogP contribution in [0.25, 0.3) is 10.9 Å². The molecule has 4 rings (SSSR count). The molecule has 0 radical (unpaired) electrons. The molecule has 1 fully saturated rings. The van der Waals surface area contributed by atoms with Gasteiger partial charge >= 0.3 is 0 Å². The fraction of sp³-hybridized carbons (Fsp3) is 0.318. The maximum atomic E-state index is 12.6. The van der Waals surface area contributed by atoms with Crippen molar-refractivity contribution in [2.45, 2.75) is 42.8 Å². The number of para-hydroxylation sites is 2. The summed E-state index contributed by atoms with van der Waals surface area (Å²) in [4.78, 5) is 21.9. The smallest absolute Gasteiger partial charge is 0.233 e. The molecule has 150 valence electrons. The van der Waals surface area contributed by atoms with Crippen LogP contribution < -0.4 is 15.4 Å². The number of hydrogen-bond acceptors (Lipinski definition) is 6. The number of thioether (sulfide) groups is 1. The van der Waals surface area contributed by atoms with E-state index in [4.69, 9.17) is 4.74 Å². The number of ether oxygens (including phenoxy) is 1. The van der Waals surface area contributed by atoms with Gasteiger partial charge in [0.2, 0.25) is 5.91 Å². The molecule has 2 aromatic carbocycles. The third-order valence-corrected chi connectivity index (χ3v) is 5.76. The molecular weight excluding hydrogens is 384 g/mol. The highest BCUT2D eigenvalue weighted by Crippen LogP contribution is 2.30. The fourth-order valence-corrected chi connectivity index (χ4v) is 3.83. The van der Waals surface area contributed by atoms with E-state index in [1.807, 2.05) is 55.5 Å². The standard InChI is InChI=1S/C22H24N4O2S/c1-14(21(27)23-13-15-7-3-6-10-19(15)28-2)29-22-25-18-9-5-4-8-17(18)20(26-22)24-16-11-12-16/h3-10,14,16H,11-13H2,1-2H3,(H,23,27)(H,24,25,26). The van der Waals surface area contributed by atoms with Crippen molar-refractivity contribution in [2.24, 2.45) is 0 Å². The molecule has 1 aliphatic rings. The molecule has 3 aromatic rings. The Morgan fingerprint density at radius 1 is 1.17 bits per heavy atom. The van der Waals surface area contributed by atoms with Gasteiger partial charge in [-0.15, -0.1) is 0 Å². The Balaban J connectivity index is 1.45. The van der Waals surface area contributed by atoms with Crippen molar-refractivity contribution in [3.8, 4) is 5.75 Å². The van der Waals surface area contributed by atoms with E-state index in [2.05, 4.69) is 20.6 Å². The zero-order chi connectivity index (χ0) is 20.2. The zero-order valence-electron chi connectivity index (χ0n) is 16.5. The summed E-state index contributed by atoms with van der Waals surface area (Å²) < 4.78 is 5.34. The molecule has 6 nitrogen and oxygen atoms in total. The molecule has 0 aliphatic heterocycles. The van der Waals surface area contributed by atoms with Gasteiger partial charge in [0.15, 0.2) is 5.16 Å². The van der Waals surface area contributed by atoms with E-state index in [9.17, 15) is 4.79 Å². The molecule has 1 heterocycles. The first-order chi connectivity index (χ1) is 14.1. The molecule has 0 bridgehead atoms. The van der Waals surface area contributed by atoms with Crippen LogP contribution >= 0.6 is 11.8 Å². The van der Waals surface area contributed by atoms with Crippen LogP contribution in [0.5, 0.6) is 5.75 Å². The van der Waals surface area contributed by atoms with Gasteiger partial charge in [-0.25, -0.2) is 9.97 Å². The molecule has 1 saturated carbocycles. The Morgan fingerprint density at radius 2 is 1.93 bits per heavy atom. The number of carbonyl (C=O) groups is 1. The van der Waals surface area contributed by atoms with Crippen LogP contribution in [-0.2, 0) is 11.3 Å². The summed E-state index contributed by atoms with van der Waals surface area (Å²) in [6.07, 6.45) is 2.34. The van der Waals surface area contributed by atoms with Crippen molar-refractivity contribution in [3.63, 3.8) is 0 Å². The number of benzene rings is 2. The topological polar surface area (TPSA) is 76.1 Å². The highest BCUT2D eigenvalue weighted by molar-refractivity contribution is 8.00. The summed E-state index contributed by atoms with van der Waals surface area (Å²) in [6.45, 7) is 2.29. The predicted molar refractivity (Wildman–Crippen MR) is 116 cm³/mol. The number of methoxy groups -OCH3 is 1. The maximum absolute atomic E-state index is 12.6. The lowest BCUT2D eigenvalue weighted by molar-refractivity contribution is -0.120. The van der Waals surface area contributed by atoms with Gasteiger partial charge in [-0.3, -0.25) is 4.79 Å². The van der Waals surface area contributed by atoms with Crippen LogP contribution in [0, 0.1) is 0 Å². The Bertz CT molecular complexity index is 1020. The number of aromatic nitrogens is 2. The molecule has 1 atom stereocenters. The van der Waals surface area contributed by atoms with E-state index in [0.29, 0.717) is 17.7 Å². The van der Waals surface area contributed by atoms with Crippen molar-refractivity contribution >= 4 is 34.4 Å². The van der Waals surface area contributed by atoms with Gasteiger partial charge in [0.1, 0.15) is 11.6 Å². The van der Waals surface area contributed by atoms with Gasteiger partial charge in [-0.1, -0.05) is 42.1 Å². The summed E-state index contributed by atoms with van der Waals surface area (Å²) in [5, 5.41) is 7.75. The quantitative estimate of drug-likeness (QED) is 0.433. The van der Waals surface area contributed by atoms with E-state index in [1.165, 1.54) is 24.6 Å². The number of amides is 1. The van der Waals surface area contributed by atoms with Crippen LogP contribution in [0.2, 0.25) is 0 Å². The van der Waals surface area contributed by atoms with Crippen LogP contribution in [-0.4, -0.2) is 34.3 Å². The summed E-state index contributed by atoms with van der Waals surface area (Å²) >= 11 is 1.37. The third-order valence-electron chi connectivity index (χ3n) is 4.80. The van der Waals surface area contributed by atoms with E-state index in [1.54, 1.807) is 7.11 Å². The van der Waals surface area contributed by atoms with Gasteiger partial charge in [0.05, 0.1) is 17.9 Å². The maximum Gasteiger partial charge on any atom is 0.233 e. The SMILES string of the molecule is COc1ccccc1CNC(=O)C(C)Sc1nc(NC2CC2)c2ccccc2n1. The minimum atomic E-state index is -0.320. The van der Waals surface area contributed by atoms with E-state index >= 15 is 0 Å². The molecule has 7 heteroatoms. The highest BCUT2D eigenvalue weighted by atomic mass is 32.2. The third kappa shape index (κ3) is 4.79.